The lowest BCUT2D eigenvalue weighted by Crippen LogP contribution is -2.16. The lowest BCUT2D eigenvalue weighted by atomic mass is 10.2. The van der Waals surface area contributed by atoms with Crippen molar-refractivity contribution in [3.8, 4) is 0 Å². The van der Waals surface area contributed by atoms with E-state index in [0.29, 0.717) is 23.0 Å². The first kappa shape index (κ1) is 19.5. The Bertz CT molecular complexity index is 1030. The van der Waals surface area contributed by atoms with Gasteiger partial charge in [-0.3, -0.25) is 24.9 Å². The van der Waals surface area contributed by atoms with Crippen LogP contribution in [0.3, 0.4) is 0 Å². The number of hydrogen-bond acceptors (Lipinski definition) is 6. The molecule has 0 fully saturated rings. The average Bonchev–Trinajstić information content (AvgIpc) is 3.18. The Balaban J connectivity index is 1.57. The smallest absolute Gasteiger partial charge is 0.293 e. The number of nitro groups is 1. The molecule has 1 N–H and O–H groups in total. The molecule has 2 aromatic heterocycles. The average molecular weight is 404 g/mol. The fourth-order valence-corrected chi connectivity index (χ4v) is 2.99. The molecule has 0 aliphatic heterocycles. The molecule has 0 saturated carbocycles. The van der Waals surface area contributed by atoms with Gasteiger partial charge in [0.2, 0.25) is 11.9 Å². The minimum absolute atomic E-state index is 0.0274. The lowest BCUT2D eigenvalue weighted by molar-refractivity contribution is -0.386. The number of aromatic nitrogens is 5. The summed E-state index contributed by atoms with van der Waals surface area (Å²) in [5.41, 5.74) is 1.60. The van der Waals surface area contributed by atoms with Crippen molar-refractivity contribution >= 4 is 29.1 Å². The van der Waals surface area contributed by atoms with Crippen molar-refractivity contribution < 1.29 is 9.72 Å². The molecule has 0 unspecified atom stereocenters. The number of hydrogen-bond donors (Lipinski definition) is 1. The standard InChI is InChI=1S/C17H18ClN7O3/c1-11-16(25(27)28)12(2)24(21-11)8-7-15(26)20-17-19-10-23(22-17)9-13-5-3-4-6-14(13)18/h3-6,10H,7-9H2,1-2H3,(H,20,22,26). The maximum absolute atomic E-state index is 12.1. The molecule has 28 heavy (non-hydrogen) atoms. The summed E-state index contributed by atoms with van der Waals surface area (Å²) in [6.45, 7) is 3.82. The molecule has 0 radical (unpaired) electrons. The highest BCUT2D eigenvalue weighted by atomic mass is 35.5. The Kier molecular flexibility index (Phi) is 5.69. The van der Waals surface area contributed by atoms with Gasteiger partial charge in [0.25, 0.3) is 0 Å². The first-order valence-electron chi connectivity index (χ1n) is 8.46. The molecule has 146 valence electrons. The highest BCUT2D eigenvalue weighted by Gasteiger charge is 2.22. The molecular formula is C17H18ClN7O3. The minimum atomic E-state index is -0.468. The molecular weight excluding hydrogens is 386 g/mol. The van der Waals surface area contributed by atoms with Crippen LogP contribution < -0.4 is 5.32 Å². The zero-order valence-electron chi connectivity index (χ0n) is 15.3. The molecule has 1 aromatic carbocycles. The third-order valence-electron chi connectivity index (χ3n) is 4.15. The summed E-state index contributed by atoms with van der Waals surface area (Å²) in [6.07, 6.45) is 1.58. The van der Waals surface area contributed by atoms with Crippen LogP contribution in [0.5, 0.6) is 0 Å². The number of carbonyl (C=O) groups excluding carboxylic acids is 1. The topological polar surface area (TPSA) is 121 Å². The van der Waals surface area contributed by atoms with Gasteiger partial charge in [-0.2, -0.15) is 5.10 Å². The largest absolute Gasteiger partial charge is 0.312 e. The number of amides is 1. The molecule has 0 atom stereocenters. The van der Waals surface area contributed by atoms with Crippen molar-refractivity contribution in [2.45, 2.75) is 33.4 Å². The highest BCUT2D eigenvalue weighted by Crippen LogP contribution is 2.22. The van der Waals surface area contributed by atoms with Gasteiger partial charge in [0.15, 0.2) is 0 Å². The van der Waals surface area contributed by atoms with Crippen molar-refractivity contribution in [3.63, 3.8) is 0 Å². The van der Waals surface area contributed by atoms with E-state index in [0.717, 1.165) is 5.56 Å². The number of aryl methyl sites for hydroxylation is 2. The Morgan fingerprint density at radius 3 is 2.71 bits per heavy atom. The van der Waals surface area contributed by atoms with Crippen LogP contribution in [0, 0.1) is 24.0 Å². The summed E-state index contributed by atoms with van der Waals surface area (Å²) in [6, 6.07) is 7.40. The van der Waals surface area contributed by atoms with Gasteiger partial charge in [-0.25, -0.2) is 9.67 Å². The van der Waals surface area contributed by atoms with Crippen LogP contribution in [0.2, 0.25) is 5.02 Å². The number of nitrogens with zero attached hydrogens (tertiary/aromatic N) is 6. The van der Waals surface area contributed by atoms with E-state index in [1.807, 2.05) is 18.2 Å². The molecule has 11 heteroatoms. The maximum atomic E-state index is 12.1. The normalized spacial score (nSPS) is 10.8. The molecule has 2 heterocycles. The van der Waals surface area contributed by atoms with Crippen molar-refractivity contribution in [2.75, 3.05) is 5.32 Å². The first-order valence-corrected chi connectivity index (χ1v) is 8.84. The van der Waals surface area contributed by atoms with Gasteiger partial charge in [0, 0.05) is 11.4 Å². The van der Waals surface area contributed by atoms with E-state index in [-0.39, 0.29) is 30.5 Å². The molecule has 1 amide bonds. The van der Waals surface area contributed by atoms with Crippen LogP contribution in [0.25, 0.3) is 0 Å². The van der Waals surface area contributed by atoms with E-state index in [1.54, 1.807) is 24.6 Å². The van der Waals surface area contributed by atoms with Crippen molar-refractivity contribution in [1.29, 1.82) is 0 Å². The summed E-state index contributed by atoms with van der Waals surface area (Å²) in [5, 5.41) is 22.6. The molecule has 10 nitrogen and oxygen atoms in total. The van der Waals surface area contributed by atoms with Crippen LogP contribution in [0.4, 0.5) is 11.6 Å². The van der Waals surface area contributed by atoms with E-state index in [1.165, 1.54) is 11.0 Å². The summed E-state index contributed by atoms with van der Waals surface area (Å²) in [5.74, 6) is -0.137. The lowest BCUT2D eigenvalue weighted by Gasteiger charge is -2.04. The van der Waals surface area contributed by atoms with Gasteiger partial charge in [-0.15, -0.1) is 5.10 Å². The van der Waals surface area contributed by atoms with Crippen molar-refractivity contribution in [3.05, 3.63) is 62.7 Å². The van der Waals surface area contributed by atoms with Gasteiger partial charge in [-0.05, 0) is 25.5 Å². The molecule has 0 aliphatic carbocycles. The first-order chi connectivity index (χ1) is 13.3. The number of rotatable bonds is 7. The van der Waals surface area contributed by atoms with E-state index < -0.39 is 4.92 Å². The summed E-state index contributed by atoms with van der Waals surface area (Å²) in [4.78, 5) is 26.8. The predicted octanol–water partition coefficient (Wildman–Crippen LogP) is 2.73. The van der Waals surface area contributed by atoms with Crippen molar-refractivity contribution in [2.24, 2.45) is 0 Å². The Morgan fingerprint density at radius 1 is 1.29 bits per heavy atom. The SMILES string of the molecule is Cc1nn(CCC(=O)Nc2ncn(Cc3ccccc3Cl)n2)c(C)c1[N+](=O)[O-]. The van der Waals surface area contributed by atoms with Gasteiger partial charge < -0.3 is 0 Å². The zero-order chi connectivity index (χ0) is 20.3. The third kappa shape index (κ3) is 4.34. The van der Waals surface area contributed by atoms with Gasteiger partial charge in [0.1, 0.15) is 17.7 Å². The van der Waals surface area contributed by atoms with E-state index in [4.69, 9.17) is 11.6 Å². The maximum Gasteiger partial charge on any atom is 0.312 e. The van der Waals surface area contributed by atoms with E-state index >= 15 is 0 Å². The molecule has 0 spiro atoms. The van der Waals surface area contributed by atoms with E-state index in [2.05, 4.69) is 20.5 Å². The van der Waals surface area contributed by atoms with Gasteiger partial charge in [0.05, 0.1) is 18.0 Å². The number of nitrogens with one attached hydrogen (secondary N) is 1. The minimum Gasteiger partial charge on any atom is -0.293 e. The number of benzene rings is 1. The van der Waals surface area contributed by atoms with Gasteiger partial charge >= 0.3 is 5.69 Å². The second-order valence-corrected chi connectivity index (χ2v) is 6.56. The second kappa shape index (κ2) is 8.17. The fraction of sp³-hybridized carbons (Fsp3) is 0.294. The number of halogens is 1. The molecule has 0 aliphatic rings. The summed E-state index contributed by atoms with van der Waals surface area (Å²) < 4.78 is 3.03. The molecule has 0 saturated heterocycles. The molecule has 3 aromatic rings. The van der Waals surface area contributed by atoms with Crippen LogP contribution >= 0.6 is 11.6 Å². The van der Waals surface area contributed by atoms with E-state index in [9.17, 15) is 14.9 Å². The number of carbonyl (C=O) groups is 1. The monoisotopic (exact) mass is 403 g/mol. The van der Waals surface area contributed by atoms with Crippen LogP contribution in [-0.2, 0) is 17.9 Å². The van der Waals surface area contributed by atoms with Crippen LogP contribution in [0.15, 0.2) is 30.6 Å². The van der Waals surface area contributed by atoms with Gasteiger partial charge in [-0.1, -0.05) is 29.8 Å². The Morgan fingerprint density at radius 2 is 2.04 bits per heavy atom. The predicted molar refractivity (Wildman–Crippen MR) is 102 cm³/mol. The molecule has 3 rings (SSSR count). The van der Waals surface area contributed by atoms with Crippen LogP contribution in [-0.4, -0.2) is 35.4 Å². The summed E-state index contributed by atoms with van der Waals surface area (Å²) in [7, 11) is 0. The second-order valence-electron chi connectivity index (χ2n) is 6.16. The van der Waals surface area contributed by atoms with Crippen LogP contribution in [0.1, 0.15) is 23.4 Å². The fourth-order valence-electron chi connectivity index (χ4n) is 2.79. The Hall–Kier alpha value is -3.27. The molecule has 0 bridgehead atoms. The Labute approximate surface area is 165 Å². The zero-order valence-corrected chi connectivity index (χ0v) is 16.0. The number of anilines is 1. The van der Waals surface area contributed by atoms with Crippen molar-refractivity contribution in [1.82, 2.24) is 24.5 Å². The quantitative estimate of drug-likeness (QED) is 0.478. The summed E-state index contributed by atoms with van der Waals surface area (Å²) >= 11 is 6.13. The third-order valence-corrected chi connectivity index (χ3v) is 4.52. The highest BCUT2D eigenvalue weighted by molar-refractivity contribution is 6.31.